The number of ketones is 1. The van der Waals surface area contributed by atoms with Crippen molar-refractivity contribution in [3.05, 3.63) is 225 Å². The third-order valence-electron chi connectivity index (χ3n) is 13.8. The van der Waals surface area contributed by atoms with Crippen LogP contribution in [0.25, 0.3) is 0 Å². The number of nitrogens with two attached hydrogens (primary N) is 1. The summed E-state index contributed by atoms with van der Waals surface area (Å²) in [5.41, 5.74) is 12.4. The Kier molecular flexibility index (Phi) is 24.6. The second kappa shape index (κ2) is 32.4. The van der Waals surface area contributed by atoms with E-state index in [2.05, 4.69) is 26.6 Å². The number of ether oxygens (including phenoxy) is 2. The normalized spacial score (nSPS) is 16.0. The van der Waals surface area contributed by atoms with Crippen molar-refractivity contribution in [3.63, 3.8) is 0 Å². The number of amides is 4. The summed E-state index contributed by atoms with van der Waals surface area (Å²) in [7, 11) is 0. The first-order valence-corrected chi connectivity index (χ1v) is 28.2. The molecule has 9 rings (SSSR count). The highest BCUT2D eigenvalue weighted by molar-refractivity contribution is 6.07. The van der Waals surface area contributed by atoms with Crippen LogP contribution in [0.3, 0.4) is 0 Å². The maximum Gasteiger partial charge on any atom is 0.336 e. The summed E-state index contributed by atoms with van der Waals surface area (Å²) >= 11 is 0. The van der Waals surface area contributed by atoms with Gasteiger partial charge in [0.05, 0.1) is 74.4 Å². The van der Waals surface area contributed by atoms with Crippen LogP contribution >= 0.6 is 0 Å². The molecule has 7 N–H and O–H groups in total. The number of nitrogens with one attached hydrogen (secondary N) is 5. The standard InChI is InChI=1S/C33H34FN3O5.C13H16FNO2.C13H11NO3.C7H11NO2/c1-4-41-33(40)27-25(16-9-20-7-14-23(34)15-8-20)36-30-28(32(39)37-29(30)19(2)3)26(27)21-10-12-22(13-11-21)31(38)35-18-24-6-5-17-42-24;1-2-17-13(16)9-12(15)8-5-10-3-6-11(14)7-4-10;15-9-10-3-5-11(6-4-10)13(16)14-8-12-2-1-7-17-12;1-4(2)7-5(9)3-6(10)8-7/h5-8,10-15,17,19,26,29,36H,4,9,16,18H2,1-3H3,(H,35,38)(H,37,39);3-4,6-7,9H,2,5,8,15H2,1H3;1-7,9H,8H2,(H,14,16);4,7H,3H2,1-2H3,(H,8,10)/b;12-9-;;. The number of furan rings is 2. The molecule has 86 heavy (non-hydrogen) atoms. The third-order valence-corrected chi connectivity index (χ3v) is 13.8. The maximum atomic E-state index is 13.5. The van der Waals surface area contributed by atoms with E-state index < -0.39 is 17.9 Å². The summed E-state index contributed by atoms with van der Waals surface area (Å²) in [6.07, 6.45) is 7.40. The molecule has 3 aliphatic rings. The average molecular weight is 1180 g/mol. The quantitative estimate of drug-likeness (QED) is 0.0180. The summed E-state index contributed by atoms with van der Waals surface area (Å²) in [5, 5.41) is 14.7. The molecule has 3 atom stereocenters. The number of allylic oxidation sites excluding steroid dienone is 2. The maximum absolute atomic E-state index is 13.5. The molecule has 0 spiro atoms. The number of aldehydes is 1. The topological polar surface area (TPSA) is 267 Å². The molecule has 1 fully saturated rings. The highest BCUT2D eigenvalue weighted by Gasteiger charge is 2.45. The highest BCUT2D eigenvalue weighted by Crippen LogP contribution is 2.43. The second-order valence-corrected chi connectivity index (χ2v) is 20.7. The van der Waals surface area contributed by atoms with Gasteiger partial charge >= 0.3 is 11.9 Å². The van der Waals surface area contributed by atoms with Gasteiger partial charge in [0, 0.05) is 39.9 Å². The number of aryl methyl sites for hydroxylation is 2. The Morgan fingerprint density at radius 2 is 1.20 bits per heavy atom. The van der Waals surface area contributed by atoms with E-state index in [9.17, 15) is 47.1 Å². The Balaban J connectivity index is 0.000000219. The first-order valence-electron chi connectivity index (χ1n) is 28.2. The van der Waals surface area contributed by atoms with E-state index in [1.54, 1.807) is 123 Å². The van der Waals surface area contributed by atoms with Gasteiger partial charge in [-0.05, 0) is 141 Å². The molecule has 4 amide bonds. The number of carbonyl (C=O) groups excluding carboxylic acids is 8. The molecule has 18 nitrogen and oxygen atoms in total. The predicted molar refractivity (Wildman–Crippen MR) is 316 cm³/mol. The fourth-order valence-electron chi connectivity index (χ4n) is 9.33. The number of benzene rings is 4. The van der Waals surface area contributed by atoms with E-state index in [-0.39, 0.29) is 84.5 Å². The van der Waals surface area contributed by atoms with Gasteiger partial charge in [-0.2, -0.15) is 0 Å². The zero-order chi connectivity index (χ0) is 62.3. The molecule has 0 bridgehead atoms. The molecular formula is C66H72F2N6O12. The third kappa shape index (κ3) is 19.2. The fraction of sp³-hybridized carbons (Fsp3) is 0.303. The first-order chi connectivity index (χ1) is 41.3. The summed E-state index contributed by atoms with van der Waals surface area (Å²) < 4.78 is 46.8. The Bertz CT molecular complexity index is 3370. The summed E-state index contributed by atoms with van der Waals surface area (Å²) in [5.74, 6) is -1.40. The SMILES string of the molecule is CC(C)C1NC(=O)CC1=O.CCOC(=O)/C=C(\N)CCc1ccc(F)cc1.CCOC(=O)C1=C(CCc2ccc(F)cc2)NC2=C(C(=O)NC2C(C)C)C1c1ccc(C(=O)NCc2ccco2)cc1.O=Cc1ccc(C(=O)NCc2ccco2)cc1. The first kappa shape index (κ1) is 65.4. The van der Waals surface area contributed by atoms with Crippen LogP contribution in [-0.2, 0) is 59.4 Å². The Morgan fingerprint density at radius 3 is 1.65 bits per heavy atom. The van der Waals surface area contributed by atoms with Crippen LogP contribution in [0.2, 0.25) is 0 Å². The van der Waals surface area contributed by atoms with Crippen molar-refractivity contribution in [1.82, 2.24) is 26.6 Å². The lowest BCUT2D eigenvalue weighted by Crippen LogP contribution is -2.37. The lowest BCUT2D eigenvalue weighted by atomic mass is 9.78. The largest absolute Gasteiger partial charge is 0.467 e. The Morgan fingerprint density at radius 1 is 0.674 bits per heavy atom. The number of carbonyl (C=O) groups is 8. The fourth-order valence-corrected chi connectivity index (χ4v) is 9.33. The van der Waals surface area contributed by atoms with E-state index in [4.69, 9.17) is 24.0 Å². The summed E-state index contributed by atoms with van der Waals surface area (Å²) in [6.45, 7) is 12.5. The van der Waals surface area contributed by atoms with Crippen molar-refractivity contribution in [2.24, 2.45) is 17.6 Å². The monoisotopic (exact) mass is 1180 g/mol. The molecular weight excluding hydrogens is 1110 g/mol. The number of Topliss-reactive ketones (excluding diaryl/α,β-unsaturated/α-hetero) is 1. The van der Waals surface area contributed by atoms with Crippen LogP contribution in [0.4, 0.5) is 8.78 Å². The van der Waals surface area contributed by atoms with Gasteiger partial charge in [-0.1, -0.05) is 76.2 Å². The smallest absolute Gasteiger partial charge is 0.336 e. The van der Waals surface area contributed by atoms with Crippen LogP contribution < -0.4 is 32.3 Å². The van der Waals surface area contributed by atoms with Crippen LogP contribution in [0, 0.1) is 23.5 Å². The number of hydrogen-bond acceptors (Lipinski definition) is 14. The Hall–Kier alpha value is -9.72. The van der Waals surface area contributed by atoms with Crippen LogP contribution in [0.1, 0.15) is 126 Å². The van der Waals surface area contributed by atoms with Gasteiger partial charge in [-0.15, -0.1) is 0 Å². The lowest BCUT2D eigenvalue weighted by Gasteiger charge is -2.31. The second-order valence-electron chi connectivity index (χ2n) is 20.7. The van der Waals surface area contributed by atoms with Gasteiger partial charge in [0.15, 0.2) is 5.78 Å². The minimum absolute atomic E-state index is 0.0278. The number of esters is 2. The summed E-state index contributed by atoms with van der Waals surface area (Å²) in [4.78, 5) is 94.6. The van der Waals surface area contributed by atoms with Crippen molar-refractivity contribution in [1.29, 1.82) is 0 Å². The van der Waals surface area contributed by atoms with Crippen molar-refractivity contribution in [2.45, 2.75) is 105 Å². The molecule has 0 radical (unpaired) electrons. The van der Waals surface area contributed by atoms with Crippen molar-refractivity contribution < 1.29 is 65.4 Å². The number of rotatable bonds is 20. The molecule has 20 heteroatoms. The van der Waals surface area contributed by atoms with E-state index in [0.29, 0.717) is 95.1 Å². The van der Waals surface area contributed by atoms with Crippen LogP contribution in [-0.4, -0.2) is 72.9 Å². The van der Waals surface area contributed by atoms with Gasteiger partial charge in [0.1, 0.15) is 29.4 Å². The minimum Gasteiger partial charge on any atom is -0.467 e. The van der Waals surface area contributed by atoms with Crippen molar-refractivity contribution in [3.8, 4) is 0 Å². The molecule has 3 unspecified atom stereocenters. The molecule has 0 aliphatic carbocycles. The van der Waals surface area contributed by atoms with Gasteiger partial charge < -0.3 is 50.6 Å². The minimum atomic E-state index is -0.701. The summed E-state index contributed by atoms with van der Waals surface area (Å²) in [6, 6.07) is 32.4. The zero-order valence-electron chi connectivity index (χ0n) is 48.8. The van der Waals surface area contributed by atoms with E-state index in [1.807, 2.05) is 27.7 Å². The van der Waals surface area contributed by atoms with Crippen molar-refractivity contribution in [2.75, 3.05) is 13.2 Å². The zero-order valence-corrected chi connectivity index (χ0v) is 48.8. The van der Waals surface area contributed by atoms with Gasteiger partial charge in [-0.3, -0.25) is 28.8 Å². The van der Waals surface area contributed by atoms with Crippen molar-refractivity contribution >= 4 is 47.6 Å². The number of halogens is 2. The number of hydrogen-bond donors (Lipinski definition) is 6. The van der Waals surface area contributed by atoms with Crippen LogP contribution in [0.15, 0.2) is 177 Å². The van der Waals surface area contributed by atoms with E-state index in [1.165, 1.54) is 30.3 Å². The molecule has 1 saturated heterocycles. The lowest BCUT2D eigenvalue weighted by molar-refractivity contribution is -0.139. The Labute approximate surface area is 498 Å². The molecule has 2 aromatic heterocycles. The molecule has 4 aromatic carbocycles. The van der Waals surface area contributed by atoms with E-state index in [0.717, 1.165) is 23.1 Å². The predicted octanol–water partition coefficient (Wildman–Crippen LogP) is 9.18. The molecule has 6 aromatic rings. The molecule has 3 aliphatic heterocycles. The van der Waals surface area contributed by atoms with Gasteiger partial charge in [0.25, 0.3) is 17.7 Å². The van der Waals surface area contributed by atoms with Gasteiger partial charge in [0.2, 0.25) is 5.91 Å². The van der Waals surface area contributed by atoms with E-state index >= 15 is 0 Å². The van der Waals surface area contributed by atoms with Gasteiger partial charge in [-0.25, -0.2) is 18.4 Å². The number of dihydropyridines is 1. The molecule has 0 saturated carbocycles. The molecule has 5 heterocycles. The average Bonchev–Trinajstić information content (AvgIpc) is 1.78. The highest BCUT2D eigenvalue weighted by atomic mass is 19.1. The molecule has 452 valence electrons. The van der Waals surface area contributed by atoms with Crippen LogP contribution in [0.5, 0.6) is 0 Å².